The number of para-hydroxylation sites is 2. The van der Waals surface area contributed by atoms with E-state index in [4.69, 9.17) is 18.6 Å². The summed E-state index contributed by atoms with van der Waals surface area (Å²) < 4.78 is 46.7. The molecule has 6 nitrogen and oxygen atoms in total. The number of aromatic nitrogens is 4. The Balaban J connectivity index is 1.01. The van der Waals surface area contributed by atoms with Crippen LogP contribution in [0.4, 0.5) is 0 Å². The van der Waals surface area contributed by atoms with E-state index in [2.05, 4.69) is 197 Å². The van der Waals surface area contributed by atoms with Gasteiger partial charge < -0.3 is 4.74 Å². The second-order valence-corrected chi connectivity index (χ2v) is 21.0. The van der Waals surface area contributed by atoms with Crippen molar-refractivity contribution in [1.82, 2.24) is 18.7 Å². The predicted molar refractivity (Wildman–Crippen MR) is 285 cm³/mol. The van der Waals surface area contributed by atoms with E-state index in [1.165, 1.54) is 5.56 Å². The van der Waals surface area contributed by atoms with E-state index >= 15 is 0 Å². The molecule has 0 fully saturated rings. The fourth-order valence-electron chi connectivity index (χ4n) is 10.1. The van der Waals surface area contributed by atoms with Crippen LogP contribution in [0.2, 0.25) is 0 Å². The summed E-state index contributed by atoms with van der Waals surface area (Å²) in [6, 6.07) is 67.4. The number of nitrogens with zero attached hydrogens (tertiary/aromatic N) is 4. The molecule has 0 atom stereocenters. The molecule has 11 aromatic rings. The van der Waals surface area contributed by atoms with Gasteiger partial charge in [0.2, 0.25) is 0 Å². The molecule has 0 saturated heterocycles. The van der Waals surface area contributed by atoms with Crippen molar-refractivity contribution >= 4 is 32.8 Å². The van der Waals surface area contributed by atoms with E-state index in [0.29, 0.717) is 35.0 Å². The standard InChI is InChI=1S/C64H52N4O2.Pt/c1-42-33-61(65-40-54(42)45-23-14-9-15-24-45)68-58-37-49(29-30-50(58)53-38-55-60(39-59(53)68)69-32-31-64(55,5)6)70-48-26-18-25-47(36-48)66-41-67(57-28-17-16-27-56(57)66)62-51(43-19-10-7-11-20-43)34-46(63(2,3)4)35-52(62)44-21-12-8-13-22-44;/h7-30,33-35,38-40H,31-32H2,1-6H3;/q-2;/i1D3;. The Morgan fingerprint density at radius 3 is 1.90 bits per heavy atom. The van der Waals surface area contributed by atoms with Gasteiger partial charge in [0, 0.05) is 15.9 Å². The van der Waals surface area contributed by atoms with Gasteiger partial charge in [-0.3, -0.25) is 0 Å². The van der Waals surface area contributed by atoms with E-state index in [0.717, 1.165) is 88.1 Å². The number of ether oxygens (including phenoxy) is 2. The molecule has 1 aliphatic heterocycles. The zero-order chi connectivity index (χ0) is 51.1. The summed E-state index contributed by atoms with van der Waals surface area (Å²) in [5, 5.41) is 1.91. The Morgan fingerprint density at radius 1 is 0.634 bits per heavy atom. The summed E-state index contributed by atoms with van der Waals surface area (Å²) in [6.45, 7) is 9.51. The van der Waals surface area contributed by atoms with Gasteiger partial charge >= 0.3 is 320 Å². The summed E-state index contributed by atoms with van der Waals surface area (Å²) in [6.07, 6.45) is 2.56. The minimum Gasteiger partial charge on any atom is -0.493 e. The summed E-state index contributed by atoms with van der Waals surface area (Å²) in [4.78, 5) is 4.99. The van der Waals surface area contributed by atoms with Crippen molar-refractivity contribution in [3.05, 3.63) is 215 Å². The van der Waals surface area contributed by atoms with Crippen molar-refractivity contribution in [3.63, 3.8) is 0 Å². The maximum absolute atomic E-state index is 8.68. The third-order valence-corrected chi connectivity index (χ3v) is 15.0. The third-order valence-electron chi connectivity index (χ3n) is 14.0. The van der Waals surface area contributed by atoms with Crippen molar-refractivity contribution in [2.75, 3.05) is 6.61 Å². The van der Waals surface area contributed by atoms with Gasteiger partial charge in [0.15, 0.2) is 0 Å². The molecular weight excluding hydrogens is 1050 g/mol. The Kier molecular flexibility index (Phi) is 10.1. The summed E-state index contributed by atoms with van der Waals surface area (Å²) >= 11 is 2.47. The van der Waals surface area contributed by atoms with Gasteiger partial charge in [-0.25, -0.2) is 0 Å². The Morgan fingerprint density at radius 2 is 1.25 bits per heavy atom. The van der Waals surface area contributed by atoms with Gasteiger partial charge in [0.1, 0.15) is 5.75 Å². The zero-order valence-corrected chi connectivity index (χ0v) is 42.4. The van der Waals surface area contributed by atoms with Crippen LogP contribution in [0.3, 0.4) is 0 Å². The minimum absolute atomic E-state index is 0.106. The van der Waals surface area contributed by atoms with E-state index in [-0.39, 0.29) is 16.4 Å². The fraction of sp³-hybridized carbons (Fsp3) is 0.156. The number of aryl methyl sites for hydroxylation is 1. The summed E-state index contributed by atoms with van der Waals surface area (Å²) in [7, 11) is 0. The number of hydrogen-bond acceptors (Lipinski definition) is 3. The Hall–Kier alpha value is -7.53. The summed E-state index contributed by atoms with van der Waals surface area (Å²) in [5.41, 5.74) is 13.7. The molecule has 4 heterocycles. The fourth-order valence-corrected chi connectivity index (χ4v) is 11.2. The van der Waals surface area contributed by atoms with Crippen LogP contribution in [0.5, 0.6) is 17.2 Å². The van der Waals surface area contributed by atoms with Gasteiger partial charge in [-0.2, -0.15) is 0 Å². The van der Waals surface area contributed by atoms with Gasteiger partial charge in [0.25, 0.3) is 0 Å². The molecule has 0 amide bonds. The predicted octanol–water partition coefficient (Wildman–Crippen LogP) is 16.1. The van der Waals surface area contributed by atoms with Crippen molar-refractivity contribution in [2.24, 2.45) is 0 Å². The van der Waals surface area contributed by atoms with Gasteiger partial charge in [-0.05, 0) is 35.4 Å². The number of hydrogen-bond donors (Lipinski definition) is 0. The van der Waals surface area contributed by atoms with E-state index < -0.39 is 6.85 Å². The van der Waals surface area contributed by atoms with Crippen molar-refractivity contribution in [3.8, 4) is 67.8 Å². The molecule has 0 N–H and O–H groups in total. The molecule has 1 aliphatic rings. The number of fused-ring (bicyclic) bond motifs is 5. The van der Waals surface area contributed by atoms with Gasteiger partial charge in [0.05, 0.1) is 6.61 Å². The quantitative estimate of drug-likeness (QED) is 0.142. The van der Waals surface area contributed by atoms with Crippen LogP contribution in [0.15, 0.2) is 182 Å². The van der Waals surface area contributed by atoms with Crippen LogP contribution in [0.25, 0.3) is 83.4 Å². The Bertz CT molecular complexity index is 3980. The van der Waals surface area contributed by atoms with Gasteiger partial charge in [-0.1, -0.05) is 44.2 Å². The van der Waals surface area contributed by atoms with Crippen LogP contribution < -0.4 is 9.47 Å². The molecule has 0 aliphatic carbocycles. The van der Waals surface area contributed by atoms with Crippen LogP contribution in [-0.4, -0.2) is 25.3 Å². The summed E-state index contributed by atoms with van der Waals surface area (Å²) in [5.74, 6) is 2.23. The number of rotatable bonds is 8. The number of pyridine rings is 1. The average molecular weight is 1110 g/mol. The molecule has 0 unspecified atom stereocenters. The topological polar surface area (TPSA) is 46.1 Å². The average Bonchev–Trinajstić information content (AvgIpc) is 3.89. The molecular formula is C64H52N4O2Pt-2. The van der Waals surface area contributed by atoms with Crippen LogP contribution in [0, 0.1) is 22.8 Å². The van der Waals surface area contributed by atoms with Crippen molar-refractivity contribution < 1.29 is 32.9 Å². The molecule has 0 radical (unpaired) electrons. The SMILES string of the molecule is [2H]C([2H])([2H])c1cc(-n2c3[c-]c(Oc4[c-]c(-n5[c](=[Pt])n(-c6c(-c7ccccc7)cc(C(C)(C)C)cc6-c6ccccc6)c6ccccc65)ccc4)ccc3c3cc4c(cc32)OCCC4(C)C)ncc1-c1ccccc1. The maximum atomic E-state index is 8.68. The molecule has 3 aromatic heterocycles. The molecule has 0 bridgehead atoms. The van der Waals surface area contributed by atoms with Gasteiger partial charge in [-0.15, -0.1) is 0 Å². The molecule has 7 heteroatoms. The van der Waals surface area contributed by atoms with Crippen LogP contribution in [-0.2, 0) is 30.2 Å². The molecule has 71 heavy (non-hydrogen) atoms. The Labute approximate surface area is 430 Å². The number of imidazole rings is 1. The number of benzene rings is 8. The van der Waals surface area contributed by atoms with E-state index in [1.54, 1.807) is 12.3 Å². The smallest absolute Gasteiger partial charge is 0.493 e. The van der Waals surface area contributed by atoms with Crippen LogP contribution >= 0.6 is 0 Å². The zero-order valence-electron chi connectivity index (χ0n) is 43.2. The second-order valence-electron chi connectivity index (χ2n) is 20.0. The molecule has 0 spiro atoms. The van der Waals surface area contributed by atoms with Crippen LogP contribution in [0.1, 0.15) is 61.8 Å². The molecule has 0 saturated carbocycles. The first-order valence-corrected chi connectivity index (χ1v) is 25.2. The van der Waals surface area contributed by atoms with Crippen molar-refractivity contribution in [2.45, 2.75) is 58.7 Å². The molecule has 12 rings (SSSR count). The molecule has 8 aromatic carbocycles. The second kappa shape index (κ2) is 17.4. The molecule has 352 valence electrons. The minimum atomic E-state index is -2.42. The normalized spacial score (nSPS) is 14.2. The first kappa shape index (κ1) is 41.3. The first-order chi connectivity index (χ1) is 35.6. The first-order valence-electron chi connectivity index (χ1n) is 25.5. The monoisotopic (exact) mass is 1110 g/mol. The van der Waals surface area contributed by atoms with Crippen molar-refractivity contribution in [1.29, 1.82) is 0 Å². The third kappa shape index (κ3) is 7.86. The van der Waals surface area contributed by atoms with E-state index in [1.807, 2.05) is 53.1 Å². The van der Waals surface area contributed by atoms with E-state index in [9.17, 15) is 0 Å².